The Morgan fingerprint density at radius 2 is 0.575 bits per heavy atom. The lowest BCUT2D eigenvalue weighted by Gasteiger charge is -2.33. The summed E-state index contributed by atoms with van der Waals surface area (Å²) >= 11 is 0. The van der Waals surface area contributed by atoms with Gasteiger partial charge in [-0.2, -0.15) is 0 Å². The molecule has 5 heterocycles. The van der Waals surface area contributed by atoms with Gasteiger partial charge < -0.3 is 23.5 Å². The molecule has 0 unspecified atom stereocenters. The van der Waals surface area contributed by atoms with E-state index in [2.05, 4.69) is 217 Å². The van der Waals surface area contributed by atoms with Gasteiger partial charge in [0.2, 0.25) is 0 Å². The minimum atomic E-state index is 0.00277. The van der Waals surface area contributed by atoms with Crippen LogP contribution in [-0.4, -0.2) is 18.0 Å². The third-order valence-electron chi connectivity index (χ3n) is 15.5. The minimum absolute atomic E-state index is 0.00277. The lowest BCUT2D eigenvalue weighted by molar-refractivity contribution is 0.464. The molecule has 0 atom stereocenters. The van der Waals surface area contributed by atoms with Crippen LogP contribution < -0.4 is 51.7 Å². The third kappa shape index (κ3) is 5.94. The highest BCUT2D eigenvalue weighted by Crippen LogP contribution is 2.48. The molecular weight excluding hydrogens is 892 g/mol. The molecule has 0 fully saturated rings. The molecule has 338 valence electrons. The van der Waals surface area contributed by atoms with Gasteiger partial charge in [0.1, 0.15) is 46.0 Å². The van der Waals surface area contributed by atoms with Crippen molar-refractivity contribution in [3.63, 3.8) is 0 Å². The summed E-state index contributed by atoms with van der Waals surface area (Å²) in [6, 6.07) is 84.2. The highest BCUT2D eigenvalue weighted by Gasteiger charge is 2.42. The number of benzene rings is 11. The molecular formula is C66H39B2NO4. The number of para-hydroxylation sites is 7. The van der Waals surface area contributed by atoms with E-state index in [1.807, 2.05) is 24.3 Å². The molecule has 0 radical (unpaired) electrons. The molecule has 4 aliphatic rings. The maximum Gasteiger partial charge on any atom is 0.260 e. The molecule has 7 heteroatoms. The summed E-state index contributed by atoms with van der Waals surface area (Å²) in [6.45, 7) is 0.00555. The average molecular weight is 932 g/mol. The second-order valence-electron chi connectivity index (χ2n) is 19.4. The van der Waals surface area contributed by atoms with E-state index in [9.17, 15) is 0 Å². The van der Waals surface area contributed by atoms with Crippen LogP contribution in [0.2, 0.25) is 0 Å². The van der Waals surface area contributed by atoms with Crippen molar-refractivity contribution in [2.24, 2.45) is 0 Å². The lowest BCUT2D eigenvalue weighted by atomic mass is 9.35. The molecule has 0 amide bonds. The maximum absolute atomic E-state index is 6.81. The summed E-state index contributed by atoms with van der Waals surface area (Å²) < 4.78 is 29.7. The molecule has 5 nitrogen and oxygen atoms in total. The zero-order valence-corrected chi connectivity index (χ0v) is 39.3. The zero-order valence-electron chi connectivity index (χ0n) is 39.3. The third-order valence-corrected chi connectivity index (χ3v) is 15.5. The van der Waals surface area contributed by atoms with E-state index >= 15 is 0 Å². The van der Waals surface area contributed by atoms with E-state index in [4.69, 9.17) is 18.9 Å². The fourth-order valence-corrected chi connectivity index (χ4v) is 12.4. The van der Waals surface area contributed by atoms with Gasteiger partial charge in [-0.3, -0.25) is 0 Å². The summed E-state index contributed by atoms with van der Waals surface area (Å²) in [5.74, 6) is 6.75. The van der Waals surface area contributed by atoms with Crippen LogP contribution in [0.15, 0.2) is 237 Å². The number of hydrogen-bond acceptors (Lipinski definition) is 4. The summed E-state index contributed by atoms with van der Waals surface area (Å²) in [6.07, 6.45) is 0. The molecule has 12 aromatic rings. The van der Waals surface area contributed by atoms with Crippen LogP contribution in [0, 0.1) is 0 Å². The molecule has 4 aliphatic heterocycles. The average Bonchev–Trinajstić information content (AvgIpc) is 3.82. The van der Waals surface area contributed by atoms with Crippen molar-refractivity contribution in [1.82, 2.24) is 4.57 Å². The Bertz CT molecular complexity index is 3920. The Kier molecular flexibility index (Phi) is 8.57. The van der Waals surface area contributed by atoms with Gasteiger partial charge in [0.25, 0.3) is 13.4 Å². The van der Waals surface area contributed by atoms with Crippen molar-refractivity contribution in [2.75, 3.05) is 0 Å². The smallest absolute Gasteiger partial charge is 0.260 e. The van der Waals surface area contributed by atoms with E-state index in [1.165, 1.54) is 0 Å². The highest BCUT2D eigenvalue weighted by atomic mass is 16.5. The topological polar surface area (TPSA) is 41.9 Å². The first-order chi connectivity index (χ1) is 36.2. The molecule has 0 spiro atoms. The second-order valence-corrected chi connectivity index (χ2v) is 19.4. The predicted octanol–water partition coefficient (Wildman–Crippen LogP) is 12.9. The van der Waals surface area contributed by atoms with Crippen molar-refractivity contribution in [3.05, 3.63) is 237 Å². The number of hydrogen-bond donors (Lipinski definition) is 0. The Morgan fingerprint density at radius 3 is 0.959 bits per heavy atom. The molecule has 0 aliphatic carbocycles. The van der Waals surface area contributed by atoms with Crippen LogP contribution in [0.1, 0.15) is 0 Å². The van der Waals surface area contributed by atoms with Crippen molar-refractivity contribution in [1.29, 1.82) is 0 Å². The maximum atomic E-state index is 6.81. The summed E-state index contributed by atoms with van der Waals surface area (Å²) in [7, 11) is 0. The van der Waals surface area contributed by atoms with Gasteiger partial charge in [0.05, 0.1) is 11.0 Å². The number of aromatic nitrogens is 1. The number of ether oxygens (including phenoxy) is 4. The van der Waals surface area contributed by atoms with Gasteiger partial charge in [0.15, 0.2) is 0 Å². The summed E-state index contributed by atoms with van der Waals surface area (Å²) in [5, 5.41) is 2.33. The quantitative estimate of drug-likeness (QED) is 0.161. The minimum Gasteiger partial charge on any atom is -0.458 e. The van der Waals surface area contributed by atoms with E-state index in [0.29, 0.717) is 0 Å². The van der Waals surface area contributed by atoms with Crippen LogP contribution >= 0.6 is 0 Å². The number of fused-ring (bicyclic) bond motifs is 11. The fraction of sp³-hybridized carbons (Fsp3) is 0. The monoisotopic (exact) mass is 931 g/mol. The van der Waals surface area contributed by atoms with E-state index < -0.39 is 0 Å². The van der Waals surface area contributed by atoms with E-state index in [1.54, 1.807) is 0 Å². The molecule has 1 aromatic heterocycles. The highest BCUT2D eigenvalue weighted by molar-refractivity contribution is 6.99. The molecule has 0 saturated carbocycles. The SMILES string of the molecule is c1ccc(-n2c3c(-c4ccccc4-c4cc5c6c(c4)Oc4ccccc4B6c4ccccc4O5)cccc3c3cccc(-c4ccccc4-c4cc5c6c(c4)Oc4ccccc4B6c4ccccc4O5)c32)cc1. The van der Waals surface area contributed by atoms with Gasteiger partial charge in [-0.1, -0.05) is 176 Å². The van der Waals surface area contributed by atoms with Crippen molar-refractivity contribution < 1.29 is 18.9 Å². The first-order valence-electron chi connectivity index (χ1n) is 25.0. The Morgan fingerprint density at radius 1 is 0.260 bits per heavy atom. The van der Waals surface area contributed by atoms with Gasteiger partial charge in [0, 0.05) is 38.5 Å². The Hall–Kier alpha value is -9.45. The largest absolute Gasteiger partial charge is 0.458 e. The summed E-state index contributed by atoms with van der Waals surface area (Å²) in [4.78, 5) is 0. The lowest BCUT2D eigenvalue weighted by Crippen LogP contribution is -2.57. The van der Waals surface area contributed by atoms with Crippen LogP contribution in [0.25, 0.3) is 72.0 Å². The van der Waals surface area contributed by atoms with Gasteiger partial charge in [-0.05, 0) is 116 Å². The van der Waals surface area contributed by atoms with Crippen LogP contribution in [-0.2, 0) is 0 Å². The van der Waals surface area contributed by atoms with E-state index in [0.717, 1.165) is 151 Å². The first-order valence-corrected chi connectivity index (χ1v) is 25.0. The molecule has 11 aromatic carbocycles. The Labute approximate surface area is 422 Å². The standard InChI is InChI=1S/C66H39B2NO4/c1-2-18-42(19-3-1)69-65-47(45-22-6-4-20-43(45)40-36-59-63-60(37-40)71-56-33-13-9-29-52(56)67(63)51-28-8-12-32-55(51)70-59)24-16-26-49(65)50-27-17-25-48(66(50)69)46-23-7-5-21-44(46)41-38-61-64-62(39-41)73-58-35-15-11-31-54(58)68(64)53-30-10-14-34-57(53)72-61/h1-39H. The predicted molar refractivity (Wildman–Crippen MR) is 298 cm³/mol. The van der Waals surface area contributed by atoms with Gasteiger partial charge in [-0.15, -0.1) is 0 Å². The van der Waals surface area contributed by atoms with Crippen molar-refractivity contribution >= 4 is 68.0 Å². The van der Waals surface area contributed by atoms with Crippen molar-refractivity contribution in [3.8, 4) is 96.2 Å². The molecule has 73 heavy (non-hydrogen) atoms. The van der Waals surface area contributed by atoms with Gasteiger partial charge in [-0.25, -0.2) is 0 Å². The molecule has 0 saturated heterocycles. The van der Waals surface area contributed by atoms with Crippen molar-refractivity contribution in [2.45, 2.75) is 0 Å². The molecule has 16 rings (SSSR count). The van der Waals surface area contributed by atoms with Crippen LogP contribution in [0.4, 0.5) is 0 Å². The van der Waals surface area contributed by atoms with E-state index in [-0.39, 0.29) is 13.4 Å². The van der Waals surface area contributed by atoms with Gasteiger partial charge >= 0.3 is 0 Å². The number of nitrogens with zero attached hydrogens (tertiary/aromatic N) is 1. The number of rotatable bonds is 5. The summed E-state index contributed by atoms with van der Waals surface area (Å²) in [5.41, 5.74) is 18.7. The first kappa shape index (κ1) is 40.3. The fourth-order valence-electron chi connectivity index (χ4n) is 12.4. The second kappa shape index (κ2) is 15.5. The molecule has 0 N–H and O–H groups in total. The van der Waals surface area contributed by atoms with Crippen LogP contribution in [0.3, 0.4) is 0 Å². The zero-order chi connectivity index (χ0) is 47.7. The van der Waals surface area contributed by atoms with Crippen LogP contribution in [0.5, 0.6) is 46.0 Å². The normalized spacial score (nSPS) is 13.0. The Balaban J connectivity index is 0.895. The molecule has 0 bridgehead atoms.